The summed E-state index contributed by atoms with van der Waals surface area (Å²) in [6.07, 6.45) is -0.226. The number of aliphatic hydroxyl groups excluding tert-OH is 1. The zero-order valence-corrected chi connectivity index (χ0v) is 19.8. The molecule has 2 aromatic carbocycles. The van der Waals surface area contributed by atoms with Crippen LogP contribution in [0.15, 0.2) is 77.1 Å². The maximum atomic E-state index is 13.2. The van der Waals surface area contributed by atoms with Crippen molar-refractivity contribution >= 4 is 17.6 Å². The van der Waals surface area contributed by atoms with Crippen LogP contribution in [0.25, 0.3) is 0 Å². The number of hydrogen-bond donors (Lipinski definition) is 2. The third kappa shape index (κ3) is 5.75. The molecule has 0 spiro atoms. The van der Waals surface area contributed by atoms with Crippen molar-refractivity contribution in [3.63, 3.8) is 0 Å². The van der Waals surface area contributed by atoms with Crippen molar-refractivity contribution in [3.05, 3.63) is 98.4 Å². The lowest BCUT2D eigenvalue weighted by Gasteiger charge is -2.31. The second-order valence-corrected chi connectivity index (χ2v) is 8.02. The van der Waals surface area contributed by atoms with Gasteiger partial charge < -0.3 is 19.9 Å². The predicted octanol–water partition coefficient (Wildman–Crippen LogP) is 4.06. The van der Waals surface area contributed by atoms with Crippen LogP contribution >= 0.6 is 0 Å². The lowest BCUT2D eigenvalue weighted by Crippen LogP contribution is -2.33. The third-order valence-corrected chi connectivity index (χ3v) is 5.81. The minimum Gasteiger partial charge on any atom is -0.466 e. The van der Waals surface area contributed by atoms with E-state index in [0.717, 1.165) is 5.56 Å². The molecule has 184 valence electrons. The van der Waals surface area contributed by atoms with Crippen molar-refractivity contribution in [2.75, 3.05) is 13.7 Å². The first-order chi connectivity index (χ1) is 16.8. The number of nitro groups is 1. The molecular formula is C26H28N2O7. The Hall–Kier alpha value is -3.98. The number of methoxy groups -OCH3 is 1. The normalized spacial score (nSPS) is 16.4. The van der Waals surface area contributed by atoms with E-state index >= 15 is 0 Å². The molecule has 2 atom stereocenters. The number of carbonyl (C=O) groups excluding carboxylic acids is 2. The van der Waals surface area contributed by atoms with Gasteiger partial charge in [0.05, 0.1) is 41.8 Å². The highest BCUT2D eigenvalue weighted by Crippen LogP contribution is 2.41. The summed E-state index contributed by atoms with van der Waals surface area (Å²) >= 11 is 0. The fourth-order valence-electron chi connectivity index (χ4n) is 4.20. The minimum atomic E-state index is -0.952. The summed E-state index contributed by atoms with van der Waals surface area (Å²) in [5.74, 6) is -2.28. The molecule has 0 bridgehead atoms. The Bertz CT molecular complexity index is 1170. The molecule has 0 saturated heterocycles. The monoisotopic (exact) mass is 480 g/mol. The van der Waals surface area contributed by atoms with E-state index in [9.17, 15) is 24.8 Å². The zero-order valence-electron chi connectivity index (χ0n) is 19.8. The number of nitrogens with zero attached hydrogens (tertiary/aromatic N) is 1. The number of esters is 2. The first-order valence-electron chi connectivity index (χ1n) is 11.2. The smallest absolute Gasteiger partial charge is 0.336 e. The number of hydrogen-bond acceptors (Lipinski definition) is 8. The van der Waals surface area contributed by atoms with Crippen LogP contribution < -0.4 is 5.32 Å². The summed E-state index contributed by atoms with van der Waals surface area (Å²) in [5.41, 5.74) is 2.17. The van der Waals surface area contributed by atoms with Gasteiger partial charge in [-0.15, -0.1) is 0 Å². The molecule has 0 saturated carbocycles. The van der Waals surface area contributed by atoms with Crippen molar-refractivity contribution < 1.29 is 29.1 Å². The number of rotatable bonds is 9. The van der Waals surface area contributed by atoms with E-state index in [2.05, 4.69) is 5.32 Å². The van der Waals surface area contributed by atoms with Crippen molar-refractivity contribution in [1.29, 1.82) is 0 Å². The lowest BCUT2D eigenvalue weighted by atomic mass is 9.79. The van der Waals surface area contributed by atoms with Gasteiger partial charge in [0.1, 0.15) is 0 Å². The Morgan fingerprint density at radius 3 is 2.46 bits per heavy atom. The zero-order chi connectivity index (χ0) is 25.5. The van der Waals surface area contributed by atoms with E-state index < -0.39 is 28.9 Å². The summed E-state index contributed by atoms with van der Waals surface area (Å²) < 4.78 is 10.3. The molecule has 0 aliphatic carbocycles. The van der Waals surface area contributed by atoms with Crippen molar-refractivity contribution in [2.45, 2.75) is 38.7 Å². The Labute approximate surface area is 203 Å². The number of nitro benzene ring substituents is 1. The van der Waals surface area contributed by atoms with Gasteiger partial charge in [0.2, 0.25) is 0 Å². The van der Waals surface area contributed by atoms with Crippen molar-refractivity contribution in [1.82, 2.24) is 5.32 Å². The minimum absolute atomic E-state index is 0.0974. The second-order valence-electron chi connectivity index (χ2n) is 8.02. The largest absolute Gasteiger partial charge is 0.466 e. The van der Waals surface area contributed by atoms with Gasteiger partial charge in [-0.25, -0.2) is 9.59 Å². The molecule has 0 radical (unpaired) electrons. The standard InChI is InChI=1S/C26H28N2O7/c1-4-35-26(31)24-20(13-14-21(29)17-9-6-5-7-10-17)27-16(2)22(25(30)34-3)23(24)18-11-8-12-19(15-18)28(32)33/h5-12,15,21,23,27,29H,4,13-14H2,1-3H3. The predicted molar refractivity (Wildman–Crippen MR) is 128 cm³/mol. The van der Waals surface area contributed by atoms with Crippen LogP contribution in [0.4, 0.5) is 5.69 Å². The molecule has 2 aromatic rings. The summed E-state index contributed by atoms with van der Waals surface area (Å²) in [7, 11) is 1.23. The Morgan fingerprint density at radius 2 is 1.83 bits per heavy atom. The van der Waals surface area contributed by atoms with E-state index in [1.54, 1.807) is 19.9 Å². The maximum Gasteiger partial charge on any atom is 0.336 e. The highest BCUT2D eigenvalue weighted by atomic mass is 16.6. The van der Waals surface area contributed by atoms with E-state index in [0.29, 0.717) is 17.0 Å². The molecule has 0 fully saturated rings. The van der Waals surface area contributed by atoms with E-state index in [1.165, 1.54) is 25.3 Å². The molecule has 1 heterocycles. The molecule has 0 amide bonds. The number of non-ortho nitro benzene ring substituents is 1. The molecule has 35 heavy (non-hydrogen) atoms. The summed E-state index contributed by atoms with van der Waals surface area (Å²) in [6, 6.07) is 14.9. The Kier molecular flexibility index (Phi) is 8.38. The van der Waals surface area contributed by atoms with Gasteiger partial charge in [-0.2, -0.15) is 0 Å². The van der Waals surface area contributed by atoms with Gasteiger partial charge >= 0.3 is 11.9 Å². The fourth-order valence-corrected chi connectivity index (χ4v) is 4.20. The molecular weight excluding hydrogens is 452 g/mol. The van der Waals surface area contributed by atoms with Crippen LogP contribution in [0.5, 0.6) is 0 Å². The number of dihydropyridines is 1. The van der Waals surface area contributed by atoms with Crippen LogP contribution in [0.3, 0.4) is 0 Å². The molecule has 1 aliphatic heterocycles. The van der Waals surface area contributed by atoms with Gasteiger partial charge in [0.15, 0.2) is 0 Å². The van der Waals surface area contributed by atoms with Crippen molar-refractivity contribution in [2.24, 2.45) is 0 Å². The topological polar surface area (TPSA) is 128 Å². The van der Waals surface area contributed by atoms with Crippen LogP contribution in [-0.2, 0) is 19.1 Å². The molecule has 9 nitrogen and oxygen atoms in total. The highest BCUT2D eigenvalue weighted by Gasteiger charge is 2.39. The van der Waals surface area contributed by atoms with Crippen molar-refractivity contribution in [3.8, 4) is 0 Å². The Morgan fingerprint density at radius 1 is 1.11 bits per heavy atom. The molecule has 0 aromatic heterocycles. The van der Waals surface area contributed by atoms with E-state index in [4.69, 9.17) is 9.47 Å². The lowest BCUT2D eigenvalue weighted by molar-refractivity contribution is -0.384. The first kappa shape index (κ1) is 25.6. The number of aliphatic hydroxyl groups is 1. The molecule has 1 aliphatic rings. The number of nitrogens with one attached hydrogen (secondary N) is 1. The third-order valence-electron chi connectivity index (χ3n) is 5.81. The van der Waals surface area contributed by atoms with E-state index in [1.807, 2.05) is 30.3 Å². The Balaban J connectivity index is 2.12. The molecule has 3 rings (SSSR count). The number of benzene rings is 2. The fraction of sp³-hybridized carbons (Fsp3) is 0.308. The summed E-state index contributed by atoms with van der Waals surface area (Å²) in [6.45, 7) is 3.44. The van der Waals surface area contributed by atoms with Gasteiger partial charge in [-0.1, -0.05) is 42.5 Å². The van der Waals surface area contributed by atoms with Crippen LogP contribution in [0.1, 0.15) is 49.8 Å². The average Bonchev–Trinajstić information content (AvgIpc) is 2.86. The van der Waals surface area contributed by atoms with Gasteiger partial charge in [-0.05, 0) is 37.8 Å². The van der Waals surface area contributed by atoms with Gasteiger partial charge in [0, 0.05) is 23.5 Å². The number of ether oxygens (including phenoxy) is 2. The van der Waals surface area contributed by atoms with Crippen LogP contribution in [0, 0.1) is 10.1 Å². The molecule has 9 heteroatoms. The average molecular weight is 481 g/mol. The molecule has 2 unspecified atom stereocenters. The summed E-state index contributed by atoms with van der Waals surface area (Å²) in [5, 5.41) is 25.2. The SMILES string of the molecule is CCOC(=O)C1=C(CCC(O)c2ccccc2)NC(C)=C(C(=O)OC)C1c1cccc([N+](=O)[O-])c1. The van der Waals surface area contributed by atoms with Crippen LogP contribution in [-0.4, -0.2) is 35.7 Å². The van der Waals surface area contributed by atoms with E-state index in [-0.39, 0.29) is 36.3 Å². The van der Waals surface area contributed by atoms with Crippen LogP contribution in [0.2, 0.25) is 0 Å². The highest BCUT2D eigenvalue weighted by molar-refractivity contribution is 6.00. The quantitative estimate of drug-likeness (QED) is 0.312. The van der Waals surface area contributed by atoms with Gasteiger partial charge in [0.25, 0.3) is 5.69 Å². The van der Waals surface area contributed by atoms with Gasteiger partial charge in [-0.3, -0.25) is 10.1 Å². The summed E-state index contributed by atoms with van der Waals surface area (Å²) in [4.78, 5) is 36.9. The first-order valence-corrected chi connectivity index (χ1v) is 11.2. The number of allylic oxidation sites excluding steroid dienone is 2. The molecule has 2 N–H and O–H groups in total. The maximum absolute atomic E-state index is 13.2. The second kappa shape index (κ2) is 11.4. The number of carbonyl (C=O) groups is 2.